The van der Waals surface area contributed by atoms with Crippen molar-refractivity contribution in [3.63, 3.8) is 0 Å². The average molecular weight is 487 g/mol. The van der Waals surface area contributed by atoms with Gasteiger partial charge in [-0.25, -0.2) is 4.68 Å². The second kappa shape index (κ2) is 9.23. The van der Waals surface area contributed by atoms with E-state index in [-0.39, 0.29) is 17.5 Å². The number of carbonyl (C=O) groups excluding carboxylic acids is 3. The fraction of sp³-hybridized carbons (Fsp3) is 0.333. The molecule has 2 aliphatic rings. The van der Waals surface area contributed by atoms with Gasteiger partial charge in [0.05, 0.1) is 12.2 Å². The third-order valence-corrected chi connectivity index (χ3v) is 7.09. The van der Waals surface area contributed by atoms with Gasteiger partial charge in [-0.1, -0.05) is 13.0 Å². The highest BCUT2D eigenvalue weighted by Crippen LogP contribution is 2.30. The molecule has 5 rings (SSSR count). The smallest absolute Gasteiger partial charge is 0.277 e. The maximum atomic E-state index is 13.8. The molecule has 1 fully saturated rings. The molecule has 0 aliphatic carbocycles. The number of rotatable bonds is 5. The van der Waals surface area contributed by atoms with E-state index in [1.54, 1.807) is 14.5 Å². The number of amides is 3. The summed E-state index contributed by atoms with van der Waals surface area (Å²) in [5.41, 5.74) is 11.3. The first-order valence-corrected chi connectivity index (χ1v) is 12.2. The van der Waals surface area contributed by atoms with E-state index >= 15 is 0 Å². The van der Waals surface area contributed by atoms with Crippen molar-refractivity contribution in [2.24, 2.45) is 5.73 Å². The van der Waals surface area contributed by atoms with Crippen molar-refractivity contribution in [1.82, 2.24) is 14.7 Å². The largest absolute Gasteiger partial charge is 0.364 e. The van der Waals surface area contributed by atoms with Gasteiger partial charge in [0.2, 0.25) is 5.91 Å². The highest BCUT2D eigenvalue weighted by molar-refractivity contribution is 6.09. The number of aromatic nitrogens is 2. The minimum atomic E-state index is -0.643. The molecule has 0 radical (unpaired) electrons. The Morgan fingerprint density at radius 1 is 0.972 bits per heavy atom. The molecule has 9 nitrogen and oxygen atoms in total. The van der Waals surface area contributed by atoms with E-state index in [1.807, 2.05) is 61.3 Å². The first-order chi connectivity index (χ1) is 17.3. The van der Waals surface area contributed by atoms with Crippen LogP contribution in [0.2, 0.25) is 0 Å². The number of carbonyl (C=O) groups is 3. The number of fused-ring (bicyclic) bond motifs is 1. The van der Waals surface area contributed by atoms with Crippen LogP contribution in [0.15, 0.2) is 42.5 Å². The van der Waals surface area contributed by atoms with Crippen LogP contribution in [0, 0.1) is 6.92 Å². The lowest BCUT2D eigenvalue weighted by Crippen LogP contribution is -2.48. The molecule has 1 aromatic heterocycles. The number of benzene rings is 2. The van der Waals surface area contributed by atoms with E-state index in [1.165, 1.54) is 0 Å². The number of primary amides is 1. The lowest BCUT2D eigenvalue weighted by molar-refractivity contribution is -0.120. The lowest BCUT2D eigenvalue weighted by atomic mass is 10.0. The Morgan fingerprint density at radius 2 is 1.64 bits per heavy atom. The van der Waals surface area contributed by atoms with Crippen molar-refractivity contribution in [2.45, 2.75) is 26.7 Å². The van der Waals surface area contributed by atoms with Crippen molar-refractivity contribution in [1.29, 1.82) is 0 Å². The number of nitrogens with two attached hydrogens (primary N) is 1. The molecule has 3 heterocycles. The van der Waals surface area contributed by atoms with Gasteiger partial charge in [-0.05, 0) is 74.3 Å². The molecule has 0 atom stereocenters. The Balaban J connectivity index is 1.49. The summed E-state index contributed by atoms with van der Waals surface area (Å²) in [5.74, 6) is -0.823. The van der Waals surface area contributed by atoms with Crippen LogP contribution in [0.1, 0.15) is 44.6 Å². The van der Waals surface area contributed by atoms with Crippen molar-refractivity contribution >= 4 is 29.1 Å². The summed E-state index contributed by atoms with van der Waals surface area (Å²) in [6.07, 6.45) is 1.30. The Labute approximate surface area is 210 Å². The number of hydrogen-bond donors (Lipinski definition) is 1. The third kappa shape index (κ3) is 4.05. The first kappa shape index (κ1) is 23.7. The van der Waals surface area contributed by atoms with Crippen LogP contribution in [-0.4, -0.2) is 65.6 Å². The van der Waals surface area contributed by atoms with Crippen LogP contribution < -0.4 is 15.5 Å². The summed E-state index contributed by atoms with van der Waals surface area (Å²) in [6, 6.07) is 13.4. The number of piperazine rings is 1. The topological polar surface area (TPSA) is 105 Å². The Kier molecular flexibility index (Phi) is 6.09. The molecule has 186 valence electrons. The van der Waals surface area contributed by atoms with E-state index in [0.717, 1.165) is 41.2 Å². The third-order valence-electron chi connectivity index (χ3n) is 7.09. The predicted octanol–water partition coefficient (Wildman–Crippen LogP) is 2.32. The van der Waals surface area contributed by atoms with Crippen LogP contribution in [-0.2, 0) is 17.6 Å². The first-order valence-electron chi connectivity index (χ1n) is 12.2. The molecule has 0 bridgehead atoms. The standard InChI is InChI=1S/C27H30N6O3/c1-4-18-15-21(6-5-17(18)2)33-25-22(24(29-33)26(28)35)11-12-32(27(25)36)20-9-7-19(8-10-20)31-14-13-30(3)16-23(31)34/h5-10,15H,4,11-14,16H2,1-3H3,(H2,28,35). The zero-order valence-corrected chi connectivity index (χ0v) is 20.8. The van der Waals surface area contributed by atoms with Crippen LogP contribution in [0.5, 0.6) is 0 Å². The summed E-state index contributed by atoms with van der Waals surface area (Å²) in [6.45, 7) is 6.35. The molecule has 3 aromatic rings. The molecule has 2 N–H and O–H groups in total. The van der Waals surface area contributed by atoms with E-state index in [4.69, 9.17) is 5.73 Å². The van der Waals surface area contributed by atoms with Crippen LogP contribution in [0.4, 0.5) is 11.4 Å². The zero-order chi connectivity index (χ0) is 25.6. The number of nitrogens with zero attached hydrogens (tertiary/aromatic N) is 5. The van der Waals surface area contributed by atoms with Gasteiger partial charge in [0.15, 0.2) is 5.69 Å². The number of anilines is 2. The lowest BCUT2D eigenvalue weighted by Gasteiger charge is -2.32. The van der Waals surface area contributed by atoms with E-state index < -0.39 is 5.91 Å². The summed E-state index contributed by atoms with van der Waals surface area (Å²) in [5, 5.41) is 4.48. The van der Waals surface area contributed by atoms with Crippen LogP contribution in [0.25, 0.3) is 5.69 Å². The van der Waals surface area contributed by atoms with Gasteiger partial charge in [-0.15, -0.1) is 0 Å². The monoisotopic (exact) mass is 486 g/mol. The van der Waals surface area contributed by atoms with E-state index in [2.05, 4.69) is 12.0 Å². The Hall–Kier alpha value is -3.98. The van der Waals surface area contributed by atoms with Gasteiger partial charge in [0.1, 0.15) is 5.69 Å². The molecular formula is C27H30N6O3. The summed E-state index contributed by atoms with van der Waals surface area (Å²) in [7, 11) is 1.93. The van der Waals surface area contributed by atoms with Gasteiger partial charge in [-0.3, -0.25) is 19.3 Å². The van der Waals surface area contributed by atoms with Gasteiger partial charge in [0, 0.05) is 36.6 Å². The molecule has 3 amide bonds. The molecule has 2 aliphatic heterocycles. The molecule has 1 saturated heterocycles. The zero-order valence-electron chi connectivity index (χ0n) is 20.8. The highest BCUT2D eigenvalue weighted by Gasteiger charge is 2.35. The molecule has 0 saturated carbocycles. The normalized spacial score (nSPS) is 16.4. The molecule has 2 aromatic carbocycles. The maximum Gasteiger partial charge on any atom is 0.277 e. The Bertz CT molecular complexity index is 1360. The van der Waals surface area contributed by atoms with Crippen molar-refractivity contribution in [2.75, 3.05) is 43.0 Å². The van der Waals surface area contributed by atoms with Gasteiger partial charge < -0.3 is 15.5 Å². The van der Waals surface area contributed by atoms with E-state index in [0.29, 0.717) is 37.3 Å². The Morgan fingerprint density at radius 3 is 2.28 bits per heavy atom. The second-order valence-corrected chi connectivity index (χ2v) is 9.42. The summed E-state index contributed by atoms with van der Waals surface area (Å²) < 4.78 is 1.56. The van der Waals surface area contributed by atoms with Crippen LogP contribution in [0.3, 0.4) is 0 Å². The van der Waals surface area contributed by atoms with Crippen LogP contribution >= 0.6 is 0 Å². The predicted molar refractivity (Wildman–Crippen MR) is 138 cm³/mol. The molecule has 36 heavy (non-hydrogen) atoms. The highest BCUT2D eigenvalue weighted by atomic mass is 16.2. The quantitative estimate of drug-likeness (QED) is 0.596. The fourth-order valence-corrected chi connectivity index (χ4v) is 5.04. The minimum Gasteiger partial charge on any atom is -0.364 e. The number of likely N-dealkylation sites (N-methyl/N-ethyl adjacent to an activating group) is 1. The minimum absolute atomic E-state index is 0.0580. The number of hydrogen-bond acceptors (Lipinski definition) is 5. The van der Waals surface area contributed by atoms with Crippen molar-refractivity contribution in [3.05, 3.63) is 70.5 Å². The van der Waals surface area contributed by atoms with Gasteiger partial charge in [0.25, 0.3) is 11.8 Å². The van der Waals surface area contributed by atoms with Gasteiger partial charge >= 0.3 is 0 Å². The molecule has 0 unspecified atom stereocenters. The molecular weight excluding hydrogens is 456 g/mol. The number of aryl methyl sites for hydroxylation is 2. The van der Waals surface area contributed by atoms with Gasteiger partial charge in [-0.2, -0.15) is 5.10 Å². The molecule has 0 spiro atoms. The molecule has 9 heteroatoms. The van der Waals surface area contributed by atoms with Crippen molar-refractivity contribution < 1.29 is 14.4 Å². The maximum absolute atomic E-state index is 13.8. The summed E-state index contributed by atoms with van der Waals surface area (Å²) in [4.78, 5) is 43.9. The summed E-state index contributed by atoms with van der Waals surface area (Å²) >= 11 is 0. The second-order valence-electron chi connectivity index (χ2n) is 9.42. The SMILES string of the molecule is CCc1cc(-n2nc(C(N)=O)c3c2C(=O)N(c2ccc(N4CCN(C)CC4=O)cc2)CC3)ccc1C. The van der Waals surface area contributed by atoms with E-state index in [9.17, 15) is 14.4 Å². The fourth-order valence-electron chi connectivity index (χ4n) is 5.04. The average Bonchev–Trinajstić information content (AvgIpc) is 3.26. The van der Waals surface area contributed by atoms with Crippen molar-refractivity contribution in [3.8, 4) is 5.69 Å².